The normalized spacial score (nSPS) is 10.7. The van der Waals surface area contributed by atoms with Gasteiger partial charge in [-0.2, -0.15) is 0 Å². The number of unbranched alkanes of at least 4 members (excludes halogenated alkanes) is 1. The third-order valence-corrected chi connectivity index (χ3v) is 4.24. The van der Waals surface area contributed by atoms with Crippen LogP contribution >= 0.6 is 0 Å². The smallest absolute Gasteiger partial charge is 0.276 e. The third kappa shape index (κ3) is 4.07. The first-order chi connectivity index (χ1) is 12.1. The first-order valence-electron chi connectivity index (χ1n) is 8.43. The van der Waals surface area contributed by atoms with Crippen molar-refractivity contribution in [2.45, 2.75) is 19.3 Å². The van der Waals surface area contributed by atoms with E-state index in [0.717, 1.165) is 30.2 Å². The summed E-state index contributed by atoms with van der Waals surface area (Å²) in [5.41, 5.74) is 8.27. The molecule has 0 unspecified atom stereocenters. The van der Waals surface area contributed by atoms with Crippen molar-refractivity contribution in [1.29, 1.82) is 5.41 Å². The van der Waals surface area contributed by atoms with Crippen molar-refractivity contribution in [1.82, 2.24) is 9.88 Å². The molecule has 5 nitrogen and oxygen atoms in total. The fourth-order valence-corrected chi connectivity index (χ4v) is 2.91. The fraction of sp³-hybridized carbons (Fsp3) is 0.200. The second kappa shape index (κ2) is 7.66. The number of aryl methyl sites for hydroxylation is 1. The van der Waals surface area contributed by atoms with Gasteiger partial charge in [-0.05, 0) is 37.0 Å². The number of guanidine groups is 1. The zero-order valence-corrected chi connectivity index (χ0v) is 14.0. The number of aromatic nitrogens is 1. The van der Waals surface area contributed by atoms with E-state index in [-0.39, 0.29) is 11.9 Å². The molecule has 0 fully saturated rings. The van der Waals surface area contributed by atoms with Crippen LogP contribution in [0.3, 0.4) is 0 Å². The van der Waals surface area contributed by atoms with Gasteiger partial charge >= 0.3 is 0 Å². The molecule has 0 spiro atoms. The maximum absolute atomic E-state index is 12.7. The SMILES string of the molecule is N=C(N)N(CCCCc1ccccc1)C(=O)c1cc2ccccc2[nH]1. The number of rotatable bonds is 6. The molecule has 1 heterocycles. The number of carbonyl (C=O) groups excluding carboxylic acids is 1. The number of carbonyl (C=O) groups is 1. The maximum atomic E-state index is 12.7. The molecule has 0 atom stereocenters. The monoisotopic (exact) mass is 334 g/mol. The van der Waals surface area contributed by atoms with Gasteiger partial charge in [-0.3, -0.25) is 15.1 Å². The highest BCUT2D eigenvalue weighted by atomic mass is 16.2. The van der Waals surface area contributed by atoms with Crippen LogP contribution in [0.25, 0.3) is 10.9 Å². The van der Waals surface area contributed by atoms with Crippen molar-refractivity contribution in [2.75, 3.05) is 6.54 Å². The van der Waals surface area contributed by atoms with Gasteiger partial charge in [0.1, 0.15) is 5.69 Å². The first kappa shape index (κ1) is 16.8. The molecule has 0 bridgehead atoms. The van der Waals surface area contributed by atoms with E-state index in [1.807, 2.05) is 42.5 Å². The maximum Gasteiger partial charge on any atom is 0.276 e. The molecule has 0 aliphatic rings. The predicted octanol–water partition coefficient (Wildman–Crippen LogP) is 3.53. The van der Waals surface area contributed by atoms with Gasteiger partial charge in [0, 0.05) is 17.4 Å². The molecule has 3 rings (SSSR count). The van der Waals surface area contributed by atoms with E-state index in [2.05, 4.69) is 17.1 Å². The molecule has 2 aromatic carbocycles. The van der Waals surface area contributed by atoms with E-state index in [1.165, 1.54) is 10.5 Å². The highest BCUT2D eigenvalue weighted by molar-refractivity contribution is 6.05. The zero-order chi connectivity index (χ0) is 17.6. The molecule has 128 valence electrons. The Morgan fingerprint density at radius 2 is 1.76 bits per heavy atom. The number of hydrogen-bond donors (Lipinski definition) is 3. The summed E-state index contributed by atoms with van der Waals surface area (Å²) in [6.07, 6.45) is 2.68. The molecule has 1 aromatic heterocycles. The van der Waals surface area contributed by atoms with Crippen LogP contribution in [0.2, 0.25) is 0 Å². The van der Waals surface area contributed by atoms with Crippen molar-refractivity contribution in [2.24, 2.45) is 5.73 Å². The van der Waals surface area contributed by atoms with Crippen molar-refractivity contribution in [3.05, 3.63) is 71.9 Å². The minimum Gasteiger partial charge on any atom is -0.370 e. The second-order valence-corrected chi connectivity index (χ2v) is 6.05. The Morgan fingerprint density at radius 3 is 2.48 bits per heavy atom. The summed E-state index contributed by atoms with van der Waals surface area (Å²) < 4.78 is 0. The van der Waals surface area contributed by atoms with Crippen LogP contribution in [0.5, 0.6) is 0 Å². The average Bonchev–Trinajstić information content (AvgIpc) is 3.06. The van der Waals surface area contributed by atoms with Gasteiger partial charge in [0.2, 0.25) is 0 Å². The number of para-hydroxylation sites is 1. The van der Waals surface area contributed by atoms with E-state index < -0.39 is 0 Å². The van der Waals surface area contributed by atoms with Gasteiger partial charge in [-0.25, -0.2) is 0 Å². The van der Waals surface area contributed by atoms with Crippen molar-refractivity contribution >= 4 is 22.8 Å². The summed E-state index contributed by atoms with van der Waals surface area (Å²) in [5.74, 6) is -0.480. The molecule has 3 aromatic rings. The molecule has 5 heteroatoms. The Kier molecular flexibility index (Phi) is 5.14. The van der Waals surface area contributed by atoms with Gasteiger partial charge in [-0.1, -0.05) is 48.5 Å². The van der Waals surface area contributed by atoms with Crippen LogP contribution in [-0.2, 0) is 6.42 Å². The fourth-order valence-electron chi connectivity index (χ4n) is 2.91. The van der Waals surface area contributed by atoms with E-state index in [0.29, 0.717) is 12.2 Å². The molecular formula is C20H22N4O. The first-order valence-corrected chi connectivity index (χ1v) is 8.43. The van der Waals surface area contributed by atoms with E-state index >= 15 is 0 Å². The van der Waals surface area contributed by atoms with Crippen molar-refractivity contribution < 1.29 is 4.79 Å². The molecule has 1 amide bonds. The van der Waals surface area contributed by atoms with Gasteiger partial charge in [0.05, 0.1) is 0 Å². The lowest BCUT2D eigenvalue weighted by atomic mass is 10.1. The Bertz CT molecular complexity index is 837. The predicted molar refractivity (Wildman–Crippen MR) is 101 cm³/mol. The summed E-state index contributed by atoms with van der Waals surface area (Å²) >= 11 is 0. The van der Waals surface area contributed by atoms with Crippen LogP contribution in [0, 0.1) is 5.41 Å². The molecule has 0 saturated heterocycles. The number of aromatic amines is 1. The molecule has 0 radical (unpaired) electrons. The van der Waals surface area contributed by atoms with Crippen LogP contribution < -0.4 is 5.73 Å². The van der Waals surface area contributed by atoms with Gasteiger partial charge in [0.25, 0.3) is 5.91 Å². The minimum absolute atomic E-state index is 0.219. The highest BCUT2D eigenvalue weighted by Crippen LogP contribution is 2.16. The quantitative estimate of drug-likeness (QED) is 0.366. The van der Waals surface area contributed by atoms with Gasteiger partial charge in [0.15, 0.2) is 5.96 Å². The number of H-pyrrole nitrogens is 1. The van der Waals surface area contributed by atoms with Crippen LogP contribution in [-0.4, -0.2) is 28.3 Å². The van der Waals surface area contributed by atoms with E-state index in [1.54, 1.807) is 6.07 Å². The summed E-state index contributed by atoms with van der Waals surface area (Å²) in [5, 5.41) is 8.71. The third-order valence-electron chi connectivity index (χ3n) is 4.24. The summed E-state index contributed by atoms with van der Waals surface area (Å²) in [7, 11) is 0. The van der Waals surface area contributed by atoms with Crippen molar-refractivity contribution in [3.8, 4) is 0 Å². The Morgan fingerprint density at radius 1 is 1.04 bits per heavy atom. The number of hydrogen-bond acceptors (Lipinski definition) is 2. The molecular weight excluding hydrogens is 312 g/mol. The molecule has 0 aliphatic carbocycles. The largest absolute Gasteiger partial charge is 0.370 e. The topological polar surface area (TPSA) is 86.0 Å². The second-order valence-electron chi connectivity index (χ2n) is 6.05. The number of fused-ring (bicyclic) bond motifs is 1. The van der Waals surface area contributed by atoms with Crippen molar-refractivity contribution in [3.63, 3.8) is 0 Å². The van der Waals surface area contributed by atoms with Gasteiger partial charge in [-0.15, -0.1) is 0 Å². The Hall–Kier alpha value is -3.08. The average molecular weight is 334 g/mol. The number of amides is 1. The van der Waals surface area contributed by atoms with E-state index in [4.69, 9.17) is 11.1 Å². The lowest BCUT2D eigenvalue weighted by molar-refractivity contribution is 0.0838. The van der Waals surface area contributed by atoms with E-state index in [9.17, 15) is 4.79 Å². The molecule has 0 saturated carbocycles. The Labute approximate surface area is 147 Å². The van der Waals surface area contributed by atoms with Crippen LogP contribution in [0.4, 0.5) is 0 Å². The zero-order valence-electron chi connectivity index (χ0n) is 14.0. The highest BCUT2D eigenvalue weighted by Gasteiger charge is 2.19. The van der Waals surface area contributed by atoms with Crippen LogP contribution in [0.15, 0.2) is 60.7 Å². The number of nitrogens with two attached hydrogens (primary N) is 1. The summed E-state index contributed by atoms with van der Waals surface area (Å²) in [4.78, 5) is 17.1. The number of benzene rings is 2. The lowest BCUT2D eigenvalue weighted by Crippen LogP contribution is -2.42. The van der Waals surface area contributed by atoms with Crippen LogP contribution in [0.1, 0.15) is 28.9 Å². The summed E-state index contributed by atoms with van der Waals surface area (Å²) in [6.45, 7) is 0.441. The minimum atomic E-state index is -0.261. The Balaban J connectivity index is 1.62. The number of nitrogens with one attached hydrogen (secondary N) is 2. The summed E-state index contributed by atoms with van der Waals surface area (Å²) in [6, 6.07) is 19.8. The van der Waals surface area contributed by atoms with Gasteiger partial charge < -0.3 is 10.7 Å². The lowest BCUT2D eigenvalue weighted by Gasteiger charge is -2.19. The molecule has 25 heavy (non-hydrogen) atoms. The standard InChI is InChI=1S/C20H22N4O/c21-20(22)24(13-7-6-10-15-8-2-1-3-9-15)19(25)18-14-16-11-4-5-12-17(16)23-18/h1-5,8-9,11-12,14,23H,6-7,10,13H2,(H3,21,22). The molecule has 0 aliphatic heterocycles. The molecule has 4 N–H and O–H groups in total. The number of nitrogens with zero attached hydrogens (tertiary/aromatic N) is 1.